The van der Waals surface area contributed by atoms with E-state index in [0.717, 1.165) is 12.8 Å². The van der Waals surface area contributed by atoms with Crippen LogP contribution < -0.4 is 0 Å². The molecule has 0 spiro atoms. The van der Waals surface area contributed by atoms with Crippen molar-refractivity contribution in [3.05, 3.63) is 12.2 Å². The topological polar surface area (TPSA) is 35.5 Å². The maximum absolute atomic E-state index is 11.0. The molecule has 0 aromatic carbocycles. The lowest BCUT2D eigenvalue weighted by Crippen LogP contribution is -2.04. The Labute approximate surface area is 86.1 Å². The number of ether oxygens (including phenoxy) is 2. The van der Waals surface area contributed by atoms with Gasteiger partial charge < -0.3 is 9.47 Å². The van der Waals surface area contributed by atoms with Gasteiger partial charge in [0.1, 0.15) is 0 Å². The molecule has 0 amide bonds. The van der Waals surface area contributed by atoms with E-state index < -0.39 is 0 Å². The van der Waals surface area contributed by atoms with Crippen molar-refractivity contribution in [1.29, 1.82) is 0 Å². The minimum atomic E-state index is -0.262. The summed E-state index contributed by atoms with van der Waals surface area (Å²) in [6, 6.07) is 0. The molecule has 0 saturated carbocycles. The van der Waals surface area contributed by atoms with E-state index in [-0.39, 0.29) is 5.97 Å². The van der Waals surface area contributed by atoms with Crippen molar-refractivity contribution < 1.29 is 14.3 Å². The van der Waals surface area contributed by atoms with Gasteiger partial charge in [-0.25, -0.2) is 4.79 Å². The molecular formula is C11H20O3. The first kappa shape index (κ1) is 13.2. The van der Waals surface area contributed by atoms with Gasteiger partial charge in [0, 0.05) is 19.8 Å². The molecule has 14 heavy (non-hydrogen) atoms. The van der Waals surface area contributed by atoms with E-state index in [1.807, 2.05) is 0 Å². The molecule has 0 aromatic heterocycles. The van der Waals surface area contributed by atoms with E-state index in [9.17, 15) is 4.79 Å². The van der Waals surface area contributed by atoms with Gasteiger partial charge in [-0.1, -0.05) is 19.9 Å². The molecule has 0 radical (unpaired) electrons. The van der Waals surface area contributed by atoms with Crippen molar-refractivity contribution in [1.82, 2.24) is 0 Å². The Balaban J connectivity index is 3.40. The Bertz CT molecular complexity index is 173. The fourth-order valence-corrected chi connectivity index (χ4v) is 0.809. The number of carbonyl (C=O) groups is 1. The van der Waals surface area contributed by atoms with Gasteiger partial charge in [0.05, 0.1) is 6.61 Å². The van der Waals surface area contributed by atoms with E-state index in [1.165, 1.54) is 6.08 Å². The Morgan fingerprint density at radius 3 is 2.64 bits per heavy atom. The summed E-state index contributed by atoms with van der Waals surface area (Å²) < 4.78 is 9.80. The minimum Gasteiger partial charge on any atom is -0.463 e. The van der Waals surface area contributed by atoms with E-state index in [4.69, 9.17) is 9.47 Å². The molecule has 3 heteroatoms. The summed E-state index contributed by atoms with van der Waals surface area (Å²) in [6.45, 7) is 5.34. The van der Waals surface area contributed by atoms with E-state index >= 15 is 0 Å². The minimum absolute atomic E-state index is 0.262. The molecule has 0 N–H and O–H groups in total. The molecule has 82 valence electrons. The number of esters is 1. The lowest BCUT2D eigenvalue weighted by molar-refractivity contribution is -0.138. The molecular weight excluding hydrogens is 180 g/mol. The van der Waals surface area contributed by atoms with Crippen LogP contribution in [0.25, 0.3) is 0 Å². The lowest BCUT2D eigenvalue weighted by atomic mass is 10.1. The van der Waals surface area contributed by atoms with Gasteiger partial charge in [-0.05, 0) is 18.8 Å². The smallest absolute Gasteiger partial charge is 0.330 e. The van der Waals surface area contributed by atoms with Crippen molar-refractivity contribution in [3.8, 4) is 0 Å². The molecule has 0 aliphatic rings. The van der Waals surface area contributed by atoms with Crippen LogP contribution in [-0.4, -0.2) is 26.3 Å². The van der Waals surface area contributed by atoms with Crippen LogP contribution in [0.1, 0.15) is 26.7 Å². The maximum atomic E-state index is 11.0. The molecule has 0 saturated heterocycles. The van der Waals surface area contributed by atoms with Crippen LogP contribution in [0.5, 0.6) is 0 Å². The third-order valence-corrected chi connectivity index (χ3v) is 1.68. The second kappa shape index (κ2) is 8.75. The fraction of sp³-hybridized carbons (Fsp3) is 0.727. The molecule has 0 unspecified atom stereocenters. The first-order chi connectivity index (χ1) is 6.66. The summed E-state index contributed by atoms with van der Waals surface area (Å²) in [6.07, 6.45) is 4.88. The first-order valence-electron chi connectivity index (χ1n) is 4.99. The molecule has 3 nitrogen and oxygen atoms in total. The normalized spacial score (nSPS) is 11.1. The molecule has 0 aromatic rings. The third-order valence-electron chi connectivity index (χ3n) is 1.68. The Morgan fingerprint density at radius 2 is 2.07 bits per heavy atom. The van der Waals surface area contributed by atoms with Crippen LogP contribution in [0.2, 0.25) is 0 Å². The van der Waals surface area contributed by atoms with Crippen molar-refractivity contribution in [2.24, 2.45) is 5.92 Å². The van der Waals surface area contributed by atoms with Crippen LogP contribution in [0.3, 0.4) is 0 Å². The summed E-state index contributed by atoms with van der Waals surface area (Å²) >= 11 is 0. The lowest BCUT2D eigenvalue weighted by Gasteiger charge is -2.03. The Hall–Kier alpha value is -0.830. The number of hydrogen-bond donors (Lipinski definition) is 0. The van der Waals surface area contributed by atoms with Crippen molar-refractivity contribution >= 4 is 5.97 Å². The van der Waals surface area contributed by atoms with Gasteiger partial charge in [-0.2, -0.15) is 0 Å². The van der Waals surface area contributed by atoms with E-state index in [0.29, 0.717) is 19.1 Å². The zero-order valence-electron chi connectivity index (χ0n) is 9.29. The Kier molecular flexibility index (Phi) is 8.24. The average molecular weight is 200 g/mol. The van der Waals surface area contributed by atoms with Gasteiger partial charge in [-0.3, -0.25) is 0 Å². The van der Waals surface area contributed by atoms with E-state index in [1.54, 1.807) is 13.2 Å². The van der Waals surface area contributed by atoms with Gasteiger partial charge >= 0.3 is 5.97 Å². The van der Waals surface area contributed by atoms with Crippen LogP contribution in [0.15, 0.2) is 12.2 Å². The number of hydrogen-bond acceptors (Lipinski definition) is 3. The second-order valence-corrected chi connectivity index (χ2v) is 3.53. The molecule has 0 aliphatic carbocycles. The average Bonchev–Trinajstić information content (AvgIpc) is 2.12. The molecule has 0 aliphatic heterocycles. The van der Waals surface area contributed by atoms with Gasteiger partial charge in [0.25, 0.3) is 0 Å². The summed E-state index contributed by atoms with van der Waals surface area (Å²) in [7, 11) is 1.63. The number of rotatable bonds is 7. The van der Waals surface area contributed by atoms with Crippen molar-refractivity contribution in [3.63, 3.8) is 0 Å². The van der Waals surface area contributed by atoms with Crippen LogP contribution in [-0.2, 0) is 14.3 Å². The molecule has 0 atom stereocenters. The van der Waals surface area contributed by atoms with Crippen molar-refractivity contribution in [2.45, 2.75) is 26.7 Å². The van der Waals surface area contributed by atoms with Gasteiger partial charge in [0.2, 0.25) is 0 Å². The summed E-state index contributed by atoms with van der Waals surface area (Å²) in [5.74, 6) is 0.307. The van der Waals surface area contributed by atoms with Crippen molar-refractivity contribution in [2.75, 3.05) is 20.3 Å². The third kappa shape index (κ3) is 9.26. The quantitative estimate of drug-likeness (QED) is 0.359. The fourth-order valence-electron chi connectivity index (χ4n) is 0.809. The number of methoxy groups -OCH3 is 1. The standard InChI is InChI=1S/C11H20O3/c1-10(2)7-9-14-11(12)6-4-5-8-13-3/h4,6,10H,5,7-9H2,1-3H3/b6-4+. The number of carbonyl (C=O) groups excluding carboxylic acids is 1. The summed E-state index contributed by atoms with van der Waals surface area (Å²) in [4.78, 5) is 11.0. The van der Waals surface area contributed by atoms with Crippen LogP contribution in [0, 0.1) is 5.92 Å². The highest BCUT2D eigenvalue weighted by molar-refractivity contribution is 5.81. The van der Waals surface area contributed by atoms with Gasteiger partial charge in [-0.15, -0.1) is 0 Å². The molecule has 0 heterocycles. The predicted molar refractivity (Wildman–Crippen MR) is 56.0 cm³/mol. The molecule has 0 fully saturated rings. The zero-order chi connectivity index (χ0) is 10.8. The van der Waals surface area contributed by atoms with Crippen LogP contribution in [0.4, 0.5) is 0 Å². The molecule has 0 rings (SSSR count). The largest absolute Gasteiger partial charge is 0.463 e. The zero-order valence-corrected chi connectivity index (χ0v) is 9.29. The summed E-state index contributed by atoms with van der Waals surface area (Å²) in [5.41, 5.74) is 0. The second-order valence-electron chi connectivity index (χ2n) is 3.53. The highest BCUT2D eigenvalue weighted by Gasteiger charge is 1.98. The SMILES string of the molecule is COCC/C=C/C(=O)OCCC(C)C. The Morgan fingerprint density at radius 1 is 1.36 bits per heavy atom. The molecule has 0 bridgehead atoms. The summed E-state index contributed by atoms with van der Waals surface area (Å²) in [5, 5.41) is 0. The first-order valence-corrected chi connectivity index (χ1v) is 4.99. The van der Waals surface area contributed by atoms with Crippen LogP contribution >= 0.6 is 0 Å². The van der Waals surface area contributed by atoms with E-state index in [2.05, 4.69) is 13.8 Å². The highest BCUT2D eigenvalue weighted by Crippen LogP contribution is 1.99. The maximum Gasteiger partial charge on any atom is 0.330 e. The van der Waals surface area contributed by atoms with Gasteiger partial charge in [0.15, 0.2) is 0 Å². The highest BCUT2D eigenvalue weighted by atomic mass is 16.5. The monoisotopic (exact) mass is 200 g/mol. The predicted octanol–water partition coefficient (Wildman–Crippen LogP) is 2.17.